The van der Waals surface area contributed by atoms with Crippen molar-refractivity contribution in [2.24, 2.45) is 0 Å². The number of nitrogens with zero attached hydrogens (tertiary/aromatic N) is 1. The molecule has 1 aliphatic heterocycles. The average molecular weight is 172 g/mol. The van der Waals surface area contributed by atoms with Crippen LogP contribution in [0, 0.1) is 0 Å². The van der Waals surface area contributed by atoms with Gasteiger partial charge in [0.1, 0.15) is 0 Å². The minimum atomic E-state index is 0.0641. The molecule has 1 amide bonds. The summed E-state index contributed by atoms with van der Waals surface area (Å²) < 4.78 is 0. The number of amides is 1. The van der Waals surface area contributed by atoms with Gasteiger partial charge in [0.05, 0.1) is 6.61 Å². The Kier molecular flexibility index (Phi) is 3.49. The number of carbonyl (C=O) groups excluding carboxylic acids is 1. The zero-order valence-corrected chi connectivity index (χ0v) is 7.42. The quantitative estimate of drug-likeness (QED) is 0.573. The average Bonchev–Trinajstić information content (AvgIpc) is 2.17. The number of hydrogen-bond acceptors (Lipinski definition) is 3. The second-order valence-electron chi connectivity index (χ2n) is 3.03. The summed E-state index contributed by atoms with van der Waals surface area (Å²) in [6.45, 7) is 4.16. The number of nitrogens with one attached hydrogen (secondary N) is 1. The Balaban J connectivity index is 2.40. The molecule has 0 saturated carbocycles. The molecule has 0 bridgehead atoms. The number of hydrogen-bond donors (Lipinski definition) is 2. The predicted octanol–water partition coefficient (Wildman–Crippen LogP) is -0.811. The highest BCUT2D eigenvalue weighted by Crippen LogP contribution is 2.00. The number of aliphatic hydroxyl groups is 1. The minimum absolute atomic E-state index is 0.0641. The summed E-state index contributed by atoms with van der Waals surface area (Å²) >= 11 is 0. The van der Waals surface area contributed by atoms with Crippen LogP contribution in [0.2, 0.25) is 0 Å². The normalized spacial score (nSPS) is 24.2. The van der Waals surface area contributed by atoms with Gasteiger partial charge >= 0.3 is 0 Å². The number of carbonyl (C=O) groups is 1. The first-order valence-corrected chi connectivity index (χ1v) is 4.40. The monoisotopic (exact) mass is 172 g/mol. The molecule has 1 saturated heterocycles. The topological polar surface area (TPSA) is 52.6 Å². The molecule has 0 radical (unpaired) electrons. The first kappa shape index (κ1) is 9.48. The van der Waals surface area contributed by atoms with Crippen LogP contribution in [0.4, 0.5) is 0 Å². The summed E-state index contributed by atoms with van der Waals surface area (Å²) in [6.07, 6.45) is 0.554. The zero-order chi connectivity index (χ0) is 8.97. The zero-order valence-electron chi connectivity index (χ0n) is 7.42. The van der Waals surface area contributed by atoms with Crippen LogP contribution in [0.15, 0.2) is 0 Å². The van der Waals surface area contributed by atoms with Gasteiger partial charge in [-0.05, 0) is 0 Å². The van der Waals surface area contributed by atoms with Gasteiger partial charge in [-0.2, -0.15) is 0 Å². The summed E-state index contributed by atoms with van der Waals surface area (Å²) in [4.78, 5) is 13.0. The summed E-state index contributed by atoms with van der Waals surface area (Å²) in [5.74, 6) is 0.176. The first-order chi connectivity index (χ1) is 5.77. The van der Waals surface area contributed by atoms with E-state index in [9.17, 15) is 4.79 Å². The third kappa shape index (κ3) is 2.19. The van der Waals surface area contributed by atoms with E-state index >= 15 is 0 Å². The molecule has 0 aliphatic carbocycles. The molecule has 12 heavy (non-hydrogen) atoms. The molecule has 1 rings (SSSR count). The highest BCUT2D eigenvalue weighted by molar-refractivity contribution is 5.75. The fourth-order valence-electron chi connectivity index (χ4n) is 1.40. The Morgan fingerprint density at radius 2 is 2.50 bits per heavy atom. The maximum absolute atomic E-state index is 11.2. The van der Waals surface area contributed by atoms with Gasteiger partial charge < -0.3 is 15.3 Å². The Labute approximate surface area is 72.6 Å². The highest BCUT2D eigenvalue weighted by Gasteiger charge is 2.20. The minimum Gasteiger partial charge on any atom is -0.395 e. The predicted molar refractivity (Wildman–Crippen MR) is 45.7 cm³/mol. The molecule has 1 fully saturated rings. The van der Waals surface area contributed by atoms with Gasteiger partial charge in [-0.15, -0.1) is 0 Å². The summed E-state index contributed by atoms with van der Waals surface area (Å²) in [6, 6.07) is 0.0641. The van der Waals surface area contributed by atoms with Crippen molar-refractivity contribution in [1.82, 2.24) is 10.2 Å². The van der Waals surface area contributed by atoms with E-state index in [0.29, 0.717) is 13.0 Å². The van der Waals surface area contributed by atoms with Crippen molar-refractivity contribution in [3.63, 3.8) is 0 Å². The van der Waals surface area contributed by atoms with Crippen LogP contribution < -0.4 is 5.32 Å². The van der Waals surface area contributed by atoms with Crippen LogP contribution in [0.5, 0.6) is 0 Å². The molecule has 1 heterocycles. The van der Waals surface area contributed by atoms with Crippen LogP contribution in [0.1, 0.15) is 13.3 Å². The molecule has 2 N–H and O–H groups in total. The second kappa shape index (κ2) is 4.42. The van der Waals surface area contributed by atoms with E-state index in [2.05, 4.69) is 5.32 Å². The van der Waals surface area contributed by atoms with E-state index in [4.69, 9.17) is 5.11 Å². The molecule has 1 aliphatic rings. The van der Waals surface area contributed by atoms with Gasteiger partial charge in [-0.3, -0.25) is 4.79 Å². The van der Waals surface area contributed by atoms with E-state index in [1.165, 1.54) is 0 Å². The van der Waals surface area contributed by atoms with Crippen molar-refractivity contribution in [1.29, 1.82) is 0 Å². The Bertz CT molecular complexity index is 161. The Morgan fingerprint density at radius 1 is 1.75 bits per heavy atom. The summed E-state index contributed by atoms with van der Waals surface area (Å²) in [5.41, 5.74) is 0. The van der Waals surface area contributed by atoms with E-state index in [1.807, 2.05) is 6.92 Å². The lowest BCUT2D eigenvalue weighted by atomic mass is 10.2. The lowest BCUT2D eigenvalue weighted by Crippen LogP contribution is -2.53. The molecular formula is C8H16N2O2. The smallest absolute Gasteiger partial charge is 0.222 e. The van der Waals surface area contributed by atoms with Crippen molar-refractivity contribution < 1.29 is 9.90 Å². The molecule has 70 valence electrons. The lowest BCUT2D eigenvalue weighted by molar-refractivity contribution is -0.132. The van der Waals surface area contributed by atoms with E-state index in [0.717, 1.165) is 13.1 Å². The largest absolute Gasteiger partial charge is 0.395 e. The SMILES string of the molecule is CCC(=O)N1CCNC(CO)C1. The maximum atomic E-state index is 11.2. The third-order valence-electron chi connectivity index (χ3n) is 2.13. The van der Waals surface area contributed by atoms with E-state index in [1.54, 1.807) is 4.90 Å². The number of aliphatic hydroxyl groups excluding tert-OH is 1. The van der Waals surface area contributed by atoms with Crippen molar-refractivity contribution in [2.45, 2.75) is 19.4 Å². The summed E-state index contributed by atoms with van der Waals surface area (Å²) in [7, 11) is 0. The van der Waals surface area contributed by atoms with Crippen molar-refractivity contribution in [2.75, 3.05) is 26.2 Å². The van der Waals surface area contributed by atoms with Crippen molar-refractivity contribution in [3.8, 4) is 0 Å². The van der Waals surface area contributed by atoms with E-state index in [-0.39, 0.29) is 18.6 Å². The fraction of sp³-hybridized carbons (Fsp3) is 0.875. The molecule has 0 spiro atoms. The molecule has 0 aromatic rings. The second-order valence-corrected chi connectivity index (χ2v) is 3.03. The van der Waals surface area contributed by atoms with Gasteiger partial charge in [0.25, 0.3) is 0 Å². The van der Waals surface area contributed by atoms with Crippen LogP contribution in [-0.2, 0) is 4.79 Å². The van der Waals surface area contributed by atoms with Gasteiger partial charge in [-0.1, -0.05) is 6.92 Å². The molecule has 4 nitrogen and oxygen atoms in total. The maximum Gasteiger partial charge on any atom is 0.222 e. The number of piperazine rings is 1. The lowest BCUT2D eigenvalue weighted by Gasteiger charge is -2.32. The first-order valence-electron chi connectivity index (χ1n) is 4.40. The molecule has 1 atom stereocenters. The van der Waals surface area contributed by atoms with Crippen molar-refractivity contribution >= 4 is 5.91 Å². The van der Waals surface area contributed by atoms with E-state index < -0.39 is 0 Å². The van der Waals surface area contributed by atoms with Crippen molar-refractivity contribution in [3.05, 3.63) is 0 Å². The molecule has 4 heteroatoms. The van der Waals surface area contributed by atoms with Gasteiger partial charge in [0.2, 0.25) is 5.91 Å². The van der Waals surface area contributed by atoms with Crippen LogP contribution in [0.3, 0.4) is 0 Å². The van der Waals surface area contributed by atoms with Gasteiger partial charge in [0.15, 0.2) is 0 Å². The standard InChI is InChI=1S/C8H16N2O2/c1-2-8(12)10-4-3-9-7(5-10)6-11/h7,9,11H,2-6H2,1H3. The highest BCUT2D eigenvalue weighted by atomic mass is 16.3. The molecule has 1 unspecified atom stereocenters. The van der Waals surface area contributed by atoms with Crippen LogP contribution >= 0.6 is 0 Å². The van der Waals surface area contributed by atoms with Gasteiger partial charge in [-0.25, -0.2) is 0 Å². The number of rotatable bonds is 2. The third-order valence-corrected chi connectivity index (χ3v) is 2.13. The molecular weight excluding hydrogens is 156 g/mol. The Morgan fingerprint density at radius 3 is 3.08 bits per heavy atom. The van der Waals surface area contributed by atoms with Crippen LogP contribution in [-0.4, -0.2) is 48.2 Å². The molecule has 0 aromatic heterocycles. The van der Waals surface area contributed by atoms with Crippen LogP contribution in [0.25, 0.3) is 0 Å². The Hall–Kier alpha value is -0.610. The fourth-order valence-corrected chi connectivity index (χ4v) is 1.40. The summed E-state index contributed by atoms with van der Waals surface area (Å²) in [5, 5.41) is 12.0. The van der Waals surface area contributed by atoms with Gasteiger partial charge in [0, 0.05) is 32.1 Å². The molecule has 0 aromatic carbocycles.